The van der Waals surface area contributed by atoms with Crippen LogP contribution in [0, 0.1) is 0 Å². The van der Waals surface area contributed by atoms with Gasteiger partial charge in [-0.3, -0.25) is 4.79 Å². The predicted molar refractivity (Wildman–Crippen MR) is 94.0 cm³/mol. The molecule has 0 aliphatic heterocycles. The van der Waals surface area contributed by atoms with E-state index in [1.807, 2.05) is 17.8 Å². The molecule has 2 N–H and O–H groups in total. The molecule has 0 saturated heterocycles. The van der Waals surface area contributed by atoms with E-state index < -0.39 is 5.97 Å². The first-order valence-electron chi connectivity index (χ1n) is 8.34. The van der Waals surface area contributed by atoms with Crippen molar-refractivity contribution >= 4 is 23.6 Å². The Balaban J connectivity index is 1.88. The summed E-state index contributed by atoms with van der Waals surface area (Å²) in [6.45, 7) is 2.15. The van der Waals surface area contributed by atoms with E-state index in [0.717, 1.165) is 17.7 Å². The molecule has 0 spiro atoms. The number of carbonyl (C=O) groups excluding carboxylic acids is 1. The first-order valence-corrected chi connectivity index (χ1v) is 9.39. The summed E-state index contributed by atoms with van der Waals surface area (Å²) in [5.74, 6) is 0.162. The van der Waals surface area contributed by atoms with E-state index in [-0.39, 0.29) is 17.5 Å². The van der Waals surface area contributed by atoms with Crippen molar-refractivity contribution in [1.29, 1.82) is 0 Å². The molecule has 1 aromatic carbocycles. The molecule has 2 atom stereocenters. The number of carbonyl (C=O) groups is 2. The van der Waals surface area contributed by atoms with Crippen LogP contribution in [0.25, 0.3) is 0 Å². The first kappa shape index (κ1) is 17.9. The lowest BCUT2D eigenvalue weighted by molar-refractivity contribution is -0.121. The van der Waals surface area contributed by atoms with Gasteiger partial charge >= 0.3 is 5.97 Å². The second-order valence-corrected chi connectivity index (χ2v) is 7.43. The molecule has 2 rings (SSSR count). The van der Waals surface area contributed by atoms with Crippen LogP contribution >= 0.6 is 11.8 Å². The number of benzene rings is 1. The number of aromatic carboxylic acids is 1. The molecule has 5 heteroatoms. The molecule has 1 amide bonds. The summed E-state index contributed by atoms with van der Waals surface area (Å²) in [7, 11) is 0. The number of aryl methyl sites for hydroxylation is 1. The molecule has 2 unspecified atom stereocenters. The van der Waals surface area contributed by atoms with E-state index in [1.54, 1.807) is 18.2 Å². The monoisotopic (exact) mass is 335 g/mol. The van der Waals surface area contributed by atoms with Crippen molar-refractivity contribution in [3.8, 4) is 0 Å². The number of hydrogen-bond donors (Lipinski definition) is 2. The number of nitrogens with one attached hydrogen (secondary N) is 1. The van der Waals surface area contributed by atoms with Gasteiger partial charge < -0.3 is 10.4 Å². The van der Waals surface area contributed by atoms with Gasteiger partial charge in [0.1, 0.15) is 0 Å². The second kappa shape index (κ2) is 8.96. The summed E-state index contributed by atoms with van der Waals surface area (Å²) in [5, 5.41) is 12.9. The fraction of sp³-hybridized carbons (Fsp3) is 0.556. The Bertz CT molecular complexity index is 545. The van der Waals surface area contributed by atoms with E-state index >= 15 is 0 Å². The summed E-state index contributed by atoms with van der Waals surface area (Å²) in [5.41, 5.74) is 1.01. The maximum atomic E-state index is 12.2. The van der Waals surface area contributed by atoms with Gasteiger partial charge in [-0.25, -0.2) is 4.79 Å². The Hall–Kier alpha value is -1.49. The zero-order valence-corrected chi connectivity index (χ0v) is 14.4. The van der Waals surface area contributed by atoms with Gasteiger partial charge in [0.05, 0.1) is 5.56 Å². The zero-order chi connectivity index (χ0) is 16.7. The molecule has 0 radical (unpaired) electrons. The molecule has 126 valence electrons. The van der Waals surface area contributed by atoms with Gasteiger partial charge in [-0.15, -0.1) is 0 Å². The Labute approximate surface area is 142 Å². The van der Waals surface area contributed by atoms with Gasteiger partial charge in [-0.1, -0.05) is 38.0 Å². The highest BCUT2D eigenvalue weighted by atomic mass is 32.2. The summed E-state index contributed by atoms with van der Waals surface area (Å²) < 4.78 is 0. The lowest BCUT2D eigenvalue weighted by Crippen LogP contribution is -2.44. The van der Waals surface area contributed by atoms with E-state index in [1.165, 1.54) is 19.3 Å². The van der Waals surface area contributed by atoms with Gasteiger partial charge in [-0.05, 0) is 36.6 Å². The molecule has 1 aliphatic rings. The standard InChI is InChI=1S/C18H25NO3S/c1-2-23-16-10-6-5-9-15(16)19-17(20)12-11-13-7-3-4-8-14(13)18(21)22/h3-4,7-8,15-16H,2,5-6,9-12H2,1H3,(H,19,20)(H,21,22). The van der Waals surface area contributed by atoms with Crippen LogP contribution in [-0.4, -0.2) is 34.0 Å². The quantitative estimate of drug-likeness (QED) is 0.800. The summed E-state index contributed by atoms with van der Waals surface area (Å²) in [6, 6.07) is 7.16. The highest BCUT2D eigenvalue weighted by Crippen LogP contribution is 2.28. The lowest BCUT2D eigenvalue weighted by Gasteiger charge is -2.31. The molecule has 0 aromatic heterocycles. The van der Waals surface area contributed by atoms with Gasteiger partial charge in [0, 0.05) is 17.7 Å². The highest BCUT2D eigenvalue weighted by molar-refractivity contribution is 7.99. The van der Waals surface area contributed by atoms with Crippen molar-refractivity contribution < 1.29 is 14.7 Å². The van der Waals surface area contributed by atoms with E-state index in [2.05, 4.69) is 12.2 Å². The predicted octanol–water partition coefficient (Wildman–Crippen LogP) is 3.50. The molecular formula is C18H25NO3S. The third-order valence-electron chi connectivity index (χ3n) is 4.30. The van der Waals surface area contributed by atoms with E-state index in [4.69, 9.17) is 0 Å². The van der Waals surface area contributed by atoms with Crippen molar-refractivity contribution in [1.82, 2.24) is 5.32 Å². The maximum Gasteiger partial charge on any atom is 0.335 e. The third kappa shape index (κ3) is 5.27. The molecule has 1 aromatic rings. The van der Waals surface area contributed by atoms with Crippen LogP contribution in [0.2, 0.25) is 0 Å². The highest BCUT2D eigenvalue weighted by Gasteiger charge is 2.26. The minimum absolute atomic E-state index is 0.0267. The molecule has 23 heavy (non-hydrogen) atoms. The summed E-state index contributed by atoms with van der Waals surface area (Å²) in [6.07, 6.45) is 5.45. The van der Waals surface area contributed by atoms with Crippen LogP contribution in [0.1, 0.15) is 54.9 Å². The van der Waals surface area contributed by atoms with Crippen LogP contribution in [0.15, 0.2) is 24.3 Å². The van der Waals surface area contributed by atoms with Gasteiger partial charge in [0.25, 0.3) is 0 Å². The van der Waals surface area contributed by atoms with Crippen molar-refractivity contribution in [3.63, 3.8) is 0 Å². The van der Waals surface area contributed by atoms with Gasteiger partial charge in [0.15, 0.2) is 0 Å². The summed E-state index contributed by atoms with van der Waals surface area (Å²) >= 11 is 1.93. The fourth-order valence-corrected chi connectivity index (χ4v) is 4.35. The zero-order valence-electron chi connectivity index (χ0n) is 13.6. The van der Waals surface area contributed by atoms with Gasteiger partial charge in [-0.2, -0.15) is 11.8 Å². The first-order chi connectivity index (χ1) is 11.1. The van der Waals surface area contributed by atoms with Crippen LogP contribution in [0.4, 0.5) is 0 Å². The SMILES string of the molecule is CCSC1CCCCC1NC(=O)CCc1ccccc1C(=O)O. The van der Waals surface area contributed by atoms with Crippen molar-refractivity contribution in [2.75, 3.05) is 5.75 Å². The average Bonchev–Trinajstić information content (AvgIpc) is 2.55. The smallest absolute Gasteiger partial charge is 0.335 e. The minimum Gasteiger partial charge on any atom is -0.478 e. The topological polar surface area (TPSA) is 66.4 Å². The second-order valence-electron chi connectivity index (χ2n) is 5.91. The van der Waals surface area contributed by atoms with Crippen LogP contribution in [-0.2, 0) is 11.2 Å². The average molecular weight is 335 g/mol. The molecule has 1 fully saturated rings. The molecule has 1 saturated carbocycles. The van der Waals surface area contributed by atoms with Crippen LogP contribution < -0.4 is 5.32 Å². The fourth-order valence-electron chi connectivity index (χ4n) is 3.15. The van der Waals surface area contributed by atoms with Crippen molar-refractivity contribution in [2.45, 2.75) is 56.7 Å². The Kier molecular flexibility index (Phi) is 6.96. The maximum absolute atomic E-state index is 12.2. The molecule has 0 bridgehead atoms. The Morgan fingerprint density at radius 1 is 1.26 bits per heavy atom. The van der Waals surface area contributed by atoms with E-state index in [9.17, 15) is 14.7 Å². The summed E-state index contributed by atoms with van der Waals surface area (Å²) in [4.78, 5) is 23.4. The molecular weight excluding hydrogens is 310 g/mol. The van der Waals surface area contributed by atoms with E-state index in [0.29, 0.717) is 18.1 Å². The third-order valence-corrected chi connectivity index (χ3v) is 5.62. The normalized spacial score (nSPS) is 20.9. The number of thioether (sulfide) groups is 1. The Morgan fingerprint density at radius 3 is 2.74 bits per heavy atom. The number of carboxylic acid groups (broad SMARTS) is 1. The largest absolute Gasteiger partial charge is 0.478 e. The molecule has 4 nitrogen and oxygen atoms in total. The minimum atomic E-state index is -0.937. The lowest BCUT2D eigenvalue weighted by atomic mass is 9.94. The Morgan fingerprint density at radius 2 is 2.00 bits per heavy atom. The number of hydrogen-bond acceptors (Lipinski definition) is 3. The number of carboxylic acids is 1. The van der Waals surface area contributed by atoms with Crippen LogP contribution in [0.5, 0.6) is 0 Å². The van der Waals surface area contributed by atoms with Crippen molar-refractivity contribution in [3.05, 3.63) is 35.4 Å². The van der Waals surface area contributed by atoms with Gasteiger partial charge in [0.2, 0.25) is 5.91 Å². The molecule has 0 heterocycles. The number of rotatable bonds is 7. The van der Waals surface area contributed by atoms with Crippen LogP contribution in [0.3, 0.4) is 0 Å². The number of amides is 1. The van der Waals surface area contributed by atoms with Crippen molar-refractivity contribution in [2.24, 2.45) is 0 Å². The molecule has 1 aliphatic carbocycles.